The van der Waals surface area contributed by atoms with E-state index in [2.05, 4.69) is 6.58 Å². The predicted molar refractivity (Wildman–Crippen MR) is 85.4 cm³/mol. The van der Waals surface area contributed by atoms with E-state index in [1.165, 1.54) is 14.2 Å². The van der Waals surface area contributed by atoms with Crippen molar-refractivity contribution in [2.45, 2.75) is 18.3 Å². The van der Waals surface area contributed by atoms with Gasteiger partial charge in [0.2, 0.25) is 0 Å². The quantitative estimate of drug-likeness (QED) is 0.634. The summed E-state index contributed by atoms with van der Waals surface area (Å²) in [5, 5.41) is 10.3. The van der Waals surface area contributed by atoms with Crippen LogP contribution in [0.1, 0.15) is 16.8 Å². The minimum atomic E-state index is -1.06. The van der Waals surface area contributed by atoms with Gasteiger partial charge in [-0.3, -0.25) is 4.79 Å². The lowest BCUT2D eigenvalue weighted by atomic mass is 9.99. The first-order valence-electron chi connectivity index (χ1n) is 7.48. The van der Waals surface area contributed by atoms with Crippen molar-refractivity contribution < 1.29 is 24.1 Å². The van der Waals surface area contributed by atoms with E-state index in [1.54, 1.807) is 35.2 Å². The zero-order valence-electron chi connectivity index (χ0n) is 13.5. The average Bonchev–Trinajstić information content (AvgIpc) is 2.60. The lowest BCUT2D eigenvalue weighted by Crippen LogP contribution is -2.58. The van der Waals surface area contributed by atoms with Gasteiger partial charge >= 0.3 is 0 Å². The summed E-state index contributed by atoms with van der Waals surface area (Å²) in [5.41, 5.74) is 0.462. The Morgan fingerprint density at radius 2 is 2.13 bits per heavy atom. The van der Waals surface area contributed by atoms with Crippen LogP contribution in [0, 0.1) is 0 Å². The molecule has 1 aliphatic heterocycles. The Morgan fingerprint density at radius 1 is 1.43 bits per heavy atom. The molecule has 1 unspecified atom stereocenters. The maximum atomic E-state index is 12.7. The largest absolute Gasteiger partial charge is 0.489 e. The number of nitrogens with zero attached hydrogens (tertiary/aromatic N) is 1. The number of carbonyl (C=O) groups excluding carboxylic acids is 1. The minimum Gasteiger partial charge on any atom is -0.489 e. The summed E-state index contributed by atoms with van der Waals surface area (Å²) in [6.45, 7) is 4.49. The normalized spacial score (nSPS) is 20.1. The van der Waals surface area contributed by atoms with Crippen LogP contribution < -0.4 is 4.74 Å². The molecule has 2 rings (SSSR count). The summed E-state index contributed by atoms with van der Waals surface area (Å²) >= 11 is 0. The Balaban J connectivity index is 2.15. The van der Waals surface area contributed by atoms with E-state index in [4.69, 9.17) is 14.2 Å². The van der Waals surface area contributed by atoms with E-state index in [9.17, 15) is 9.90 Å². The average molecular weight is 321 g/mol. The first-order chi connectivity index (χ1) is 11.1. The number of methoxy groups -OCH3 is 2. The van der Waals surface area contributed by atoms with Crippen molar-refractivity contribution in [3.63, 3.8) is 0 Å². The third-order valence-electron chi connectivity index (χ3n) is 4.08. The van der Waals surface area contributed by atoms with Crippen molar-refractivity contribution in [3.05, 3.63) is 42.5 Å². The third kappa shape index (κ3) is 3.55. The smallest absolute Gasteiger partial charge is 0.257 e. The Labute approximate surface area is 136 Å². The second-order valence-corrected chi connectivity index (χ2v) is 5.33. The monoisotopic (exact) mass is 321 g/mol. The first kappa shape index (κ1) is 17.5. The molecule has 1 aromatic rings. The predicted octanol–water partition coefficient (Wildman–Crippen LogP) is 1.45. The van der Waals surface area contributed by atoms with Gasteiger partial charge in [0, 0.05) is 27.2 Å². The summed E-state index contributed by atoms with van der Waals surface area (Å²) in [4.78, 5) is 14.3. The van der Waals surface area contributed by atoms with E-state index in [0.29, 0.717) is 30.9 Å². The van der Waals surface area contributed by atoms with E-state index < -0.39 is 11.9 Å². The topological polar surface area (TPSA) is 68.2 Å². The van der Waals surface area contributed by atoms with Crippen molar-refractivity contribution in [1.29, 1.82) is 0 Å². The molecule has 1 aliphatic rings. The molecule has 0 bridgehead atoms. The van der Waals surface area contributed by atoms with Crippen molar-refractivity contribution in [2.24, 2.45) is 0 Å². The van der Waals surface area contributed by atoms with Gasteiger partial charge in [0.25, 0.3) is 5.91 Å². The summed E-state index contributed by atoms with van der Waals surface area (Å²) in [5.74, 6) is -0.748. The van der Waals surface area contributed by atoms with Gasteiger partial charge in [0.15, 0.2) is 5.79 Å². The second-order valence-electron chi connectivity index (χ2n) is 5.33. The van der Waals surface area contributed by atoms with Crippen LogP contribution in [0.25, 0.3) is 0 Å². The molecular weight excluding hydrogens is 298 g/mol. The van der Waals surface area contributed by atoms with Crippen LogP contribution in [-0.2, 0) is 9.47 Å². The fourth-order valence-corrected chi connectivity index (χ4v) is 2.73. The zero-order valence-corrected chi connectivity index (χ0v) is 13.5. The highest BCUT2D eigenvalue weighted by atomic mass is 16.7. The number of hydrogen-bond donors (Lipinski definition) is 1. The SMILES string of the molecule is C=CCOc1ccccc1C(=O)N1CCC(OC)(OC)C(O)C1. The van der Waals surface area contributed by atoms with Crippen LogP contribution in [0.3, 0.4) is 0 Å². The highest BCUT2D eigenvalue weighted by Gasteiger charge is 2.44. The minimum absolute atomic E-state index is 0.135. The summed E-state index contributed by atoms with van der Waals surface area (Å²) in [7, 11) is 2.98. The van der Waals surface area contributed by atoms with Crippen LogP contribution in [0.4, 0.5) is 0 Å². The van der Waals surface area contributed by atoms with Gasteiger partial charge in [0.05, 0.1) is 12.1 Å². The van der Waals surface area contributed by atoms with Crippen molar-refractivity contribution in [2.75, 3.05) is 33.9 Å². The molecule has 6 heteroatoms. The van der Waals surface area contributed by atoms with Gasteiger partial charge in [-0.2, -0.15) is 0 Å². The van der Waals surface area contributed by atoms with Gasteiger partial charge in [-0.25, -0.2) is 0 Å². The highest BCUT2D eigenvalue weighted by Crippen LogP contribution is 2.29. The van der Waals surface area contributed by atoms with Crippen LogP contribution >= 0.6 is 0 Å². The zero-order chi connectivity index (χ0) is 16.9. The highest BCUT2D eigenvalue weighted by molar-refractivity contribution is 5.97. The maximum Gasteiger partial charge on any atom is 0.257 e. The molecule has 0 aromatic heterocycles. The van der Waals surface area contributed by atoms with Crippen LogP contribution in [0.5, 0.6) is 5.75 Å². The van der Waals surface area contributed by atoms with Crippen molar-refractivity contribution in [1.82, 2.24) is 4.90 Å². The summed E-state index contributed by atoms with van der Waals surface area (Å²) < 4.78 is 16.1. The van der Waals surface area contributed by atoms with E-state index in [0.717, 1.165) is 0 Å². The first-order valence-corrected chi connectivity index (χ1v) is 7.48. The third-order valence-corrected chi connectivity index (χ3v) is 4.08. The number of ether oxygens (including phenoxy) is 3. The number of carbonyl (C=O) groups is 1. The molecule has 0 saturated carbocycles. The van der Waals surface area contributed by atoms with E-state index >= 15 is 0 Å². The molecule has 23 heavy (non-hydrogen) atoms. The van der Waals surface area contributed by atoms with E-state index in [1.807, 2.05) is 0 Å². The Bertz CT molecular complexity index is 556. The van der Waals surface area contributed by atoms with Crippen LogP contribution in [0.15, 0.2) is 36.9 Å². The molecule has 1 fully saturated rings. The maximum absolute atomic E-state index is 12.7. The Hall–Kier alpha value is -1.89. The van der Waals surface area contributed by atoms with Gasteiger partial charge < -0.3 is 24.2 Å². The number of hydrogen-bond acceptors (Lipinski definition) is 5. The number of benzene rings is 1. The number of aliphatic hydroxyl groups excluding tert-OH is 1. The molecule has 126 valence electrons. The number of rotatable bonds is 6. The van der Waals surface area contributed by atoms with Gasteiger partial charge in [-0.1, -0.05) is 24.8 Å². The second kappa shape index (κ2) is 7.59. The van der Waals surface area contributed by atoms with Gasteiger partial charge in [-0.05, 0) is 12.1 Å². The van der Waals surface area contributed by atoms with E-state index in [-0.39, 0.29) is 12.5 Å². The molecule has 1 N–H and O–H groups in total. The number of amides is 1. The number of likely N-dealkylation sites (tertiary alicyclic amines) is 1. The molecule has 0 spiro atoms. The van der Waals surface area contributed by atoms with Gasteiger partial charge in [-0.15, -0.1) is 0 Å². The molecule has 0 radical (unpaired) electrons. The number of piperidine rings is 1. The Kier molecular flexibility index (Phi) is 5.76. The molecule has 1 heterocycles. The number of β-amino-alcohol motifs (C(OH)–C–C–N with tert-alkyl or cyclic N) is 1. The fraction of sp³-hybridized carbons (Fsp3) is 0.471. The van der Waals surface area contributed by atoms with Crippen molar-refractivity contribution >= 4 is 5.91 Å². The Morgan fingerprint density at radius 3 is 2.74 bits per heavy atom. The lowest BCUT2D eigenvalue weighted by Gasteiger charge is -2.43. The standard InChI is InChI=1S/C17H23NO5/c1-4-11-23-14-8-6-5-7-13(14)16(20)18-10-9-17(21-2,22-3)15(19)12-18/h4-8,15,19H,1,9-12H2,2-3H3. The fourth-order valence-electron chi connectivity index (χ4n) is 2.73. The molecule has 1 atom stereocenters. The van der Waals surface area contributed by atoms with Crippen molar-refractivity contribution in [3.8, 4) is 5.75 Å². The summed E-state index contributed by atoms with van der Waals surface area (Å²) in [6, 6.07) is 7.04. The number of aliphatic hydroxyl groups is 1. The lowest BCUT2D eigenvalue weighted by molar-refractivity contribution is -0.275. The van der Waals surface area contributed by atoms with Gasteiger partial charge in [0.1, 0.15) is 18.5 Å². The van der Waals surface area contributed by atoms with Crippen LogP contribution in [0.2, 0.25) is 0 Å². The molecule has 0 aliphatic carbocycles. The van der Waals surface area contributed by atoms with Crippen LogP contribution in [-0.4, -0.2) is 61.7 Å². The molecule has 1 aromatic carbocycles. The summed E-state index contributed by atoms with van der Waals surface area (Å²) in [6.07, 6.45) is 1.09. The molecule has 1 amide bonds. The number of para-hydroxylation sites is 1. The molecular formula is C17H23NO5. The molecule has 6 nitrogen and oxygen atoms in total. The molecule has 1 saturated heterocycles.